The maximum Gasteiger partial charge on any atom is 0.116 e. The van der Waals surface area contributed by atoms with E-state index in [-0.39, 0.29) is 18.4 Å². The minimum Gasteiger partial charge on any atom is -0.508 e. The summed E-state index contributed by atoms with van der Waals surface area (Å²) in [4.78, 5) is 0. The van der Waals surface area contributed by atoms with Crippen LogP contribution in [0, 0.1) is 0 Å². The molecule has 0 aliphatic heterocycles. The molecule has 5 heteroatoms. The number of benzene rings is 2. The minimum absolute atomic E-state index is 0.0212. The third kappa shape index (κ3) is 4.99. The molecule has 2 rings (SSSR count). The second-order valence-corrected chi connectivity index (χ2v) is 5.56. The maximum absolute atomic E-state index is 9.70. The van der Waals surface area contributed by atoms with Crippen molar-refractivity contribution >= 4 is 17.3 Å². The van der Waals surface area contributed by atoms with Gasteiger partial charge in [0.25, 0.3) is 0 Å². The van der Waals surface area contributed by atoms with E-state index in [1.165, 1.54) is 0 Å². The highest BCUT2D eigenvalue weighted by molar-refractivity contribution is 6.31. The number of phenols is 1. The van der Waals surface area contributed by atoms with Gasteiger partial charge in [0.05, 0.1) is 12.6 Å². The van der Waals surface area contributed by atoms with Gasteiger partial charge in [0.1, 0.15) is 5.75 Å². The number of aliphatic hydroxyl groups is 1. The fourth-order valence-corrected chi connectivity index (χ4v) is 2.39. The fourth-order valence-electron chi connectivity index (χ4n) is 2.19. The lowest BCUT2D eigenvalue weighted by atomic mass is 10.1. The Morgan fingerprint density at radius 3 is 2.65 bits per heavy atom. The highest BCUT2D eigenvalue weighted by Crippen LogP contribution is 2.20. The molecule has 0 radical (unpaired) electrons. The smallest absolute Gasteiger partial charge is 0.116 e. The van der Waals surface area contributed by atoms with Crippen LogP contribution in [-0.4, -0.2) is 29.9 Å². The van der Waals surface area contributed by atoms with Crippen LogP contribution in [0.2, 0.25) is 5.02 Å². The van der Waals surface area contributed by atoms with Gasteiger partial charge in [0.15, 0.2) is 0 Å². The van der Waals surface area contributed by atoms with Crippen molar-refractivity contribution < 1.29 is 10.2 Å². The molecule has 23 heavy (non-hydrogen) atoms. The van der Waals surface area contributed by atoms with E-state index in [0.29, 0.717) is 11.6 Å². The van der Waals surface area contributed by atoms with Crippen molar-refractivity contribution in [1.82, 2.24) is 10.6 Å². The maximum atomic E-state index is 9.70. The normalized spacial score (nSPS) is 12.9. The van der Waals surface area contributed by atoms with Crippen LogP contribution in [0.15, 0.2) is 54.6 Å². The Balaban J connectivity index is 2.25. The van der Waals surface area contributed by atoms with Gasteiger partial charge in [0.2, 0.25) is 0 Å². The van der Waals surface area contributed by atoms with Gasteiger partial charge in [-0.25, -0.2) is 0 Å². The molecule has 0 bridgehead atoms. The van der Waals surface area contributed by atoms with Crippen LogP contribution in [0.5, 0.6) is 5.75 Å². The summed E-state index contributed by atoms with van der Waals surface area (Å²) in [6, 6.07) is 14.4. The monoisotopic (exact) mass is 332 g/mol. The molecule has 0 saturated carbocycles. The van der Waals surface area contributed by atoms with Crippen molar-refractivity contribution in [1.29, 1.82) is 0 Å². The first-order valence-electron chi connectivity index (χ1n) is 7.40. The number of likely N-dealkylation sites (N-methyl/N-ethyl adjacent to an activating group) is 1. The number of hydrogen-bond acceptors (Lipinski definition) is 4. The van der Waals surface area contributed by atoms with Gasteiger partial charge in [0, 0.05) is 22.8 Å². The summed E-state index contributed by atoms with van der Waals surface area (Å²) in [7, 11) is 1.78. The number of aromatic hydroxyl groups is 1. The molecule has 0 spiro atoms. The molecule has 0 fully saturated rings. The van der Waals surface area contributed by atoms with E-state index in [9.17, 15) is 10.2 Å². The zero-order chi connectivity index (χ0) is 16.7. The van der Waals surface area contributed by atoms with Crippen molar-refractivity contribution in [2.45, 2.75) is 12.6 Å². The summed E-state index contributed by atoms with van der Waals surface area (Å²) >= 11 is 6.19. The third-order valence-electron chi connectivity index (χ3n) is 3.52. The number of phenolic OH excluding ortho intramolecular Hbond substituents is 1. The molecule has 2 aromatic rings. The van der Waals surface area contributed by atoms with Crippen LogP contribution in [0.3, 0.4) is 0 Å². The Hall–Kier alpha value is -2.01. The average Bonchev–Trinajstić information content (AvgIpc) is 2.56. The quantitative estimate of drug-likeness (QED) is 0.629. The predicted octanol–water partition coefficient (Wildman–Crippen LogP) is 2.76. The summed E-state index contributed by atoms with van der Waals surface area (Å²) in [5.41, 5.74) is 2.63. The highest BCUT2D eigenvalue weighted by atomic mass is 35.5. The second-order valence-electron chi connectivity index (χ2n) is 5.15. The summed E-state index contributed by atoms with van der Waals surface area (Å²) in [5.74, 6) is 0.193. The first kappa shape index (κ1) is 17.3. The molecule has 2 aromatic carbocycles. The fraction of sp³-hybridized carbons (Fsp3) is 0.222. The molecular weight excluding hydrogens is 312 g/mol. The second kappa shape index (κ2) is 8.58. The Morgan fingerprint density at radius 2 is 2.00 bits per heavy atom. The summed E-state index contributed by atoms with van der Waals surface area (Å²) in [5, 5.41) is 26.2. The lowest BCUT2D eigenvalue weighted by Gasteiger charge is -2.16. The van der Waals surface area contributed by atoms with Crippen LogP contribution in [0.1, 0.15) is 11.1 Å². The van der Waals surface area contributed by atoms with Crippen molar-refractivity contribution in [2.24, 2.45) is 0 Å². The van der Waals surface area contributed by atoms with E-state index in [0.717, 1.165) is 16.8 Å². The lowest BCUT2D eigenvalue weighted by molar-refractivity contribution is 0.270. The van der Waals surface area contributed by atoms with Crippen LogP contribution < -0.4 is 10.6 Å². The van der Waals surface area contributed by atoms with E-state index in [2.05, 4.69) is 10.6 Å². The minimum atomic E-state index is -0.189. The number of rotatable bonds is 7. The third-order valence-corrected chi connectivity index (χ3v) is 3.89. The van der Waals surface area contributed by atoms with Crippen molar-refractivity contribution in [3.63, 3.8) is 0 Å². The van der Waals surface area contributed by atoms with Crippen molar-refractivity contribution in [3.8, 4) is 5.75 Å². The Bertz CT molecular complexity index is 670. The van der Waals surface area contributed by atoms with E-state index in [1.54, 1.807) is 25.2 Å². The molecule has 0 amide bonds. The van der Waals surface area contributed by atoms with Crippen LogP contribution in [-0.2, 0) is 6.54 Å². The van der Waals surface area contributed by atoms with Gasteiger partial charge in [-0.15, -0.1) is 0 Å². The largest absolute Gasteiger partial charge is 0.508 e. The number of halogens is 1. The standard InChI is InChI=1S/C18H21ClN2O2/c1-20-15(12-22)10-18(13-6-4-7-16(23)9-13)21-11-14-5-2-3-8-17(14)19/h2-10,15,20-23H,11-12H2,1H3/b18-10-. The zero-order valence-corrected chi connectivity index (χ0v) is 13.7. The van der Waals surface area contributed by atoms with Gasteiger partial charge >= 0.3 is 0 Å². The summed E-state index contributed by atoms with van der Waals surface area (Å²) in [6.07, 6.45) is 1.89. The average molecular weight is 333 g/mol. The molecule has 0 saturated heterocycles. The number of aliphatic hydroxyl groups excluding tert-OH is 1. The molecule has 1 unspecified atom stereocenters. The van der Waals surface area contributed by atoms with E-state index >= 15 is 0 Å². The van der Waals surface area contributed by atoms with E-state index in [4.69, 9.17) is 11.6 Å². The Morgan fingerprint density at radius 1 is 1.22 bits per heavy atom. The van der Waals surface area contributed by atoms with Crippen molar-refractivity contribution in [2.75, 3.05) is 13.7 Å². The SMILES string of the molecule is CNC(/C=C(\NCc1ccccc1Cl)c1cccc(O)c1)CO. The zero-order valence-electron chi connectivity index (χ0n) is 13.0. The van der Waals surface area contributed by atoms with Crippen LogP contribution in [0.25, 0.3) is 5.70 Å². The molecule has 0 aromatic heterocycles. The first-order valence-corrected chi connectivity index (χ1v) is 7.78. The molecule has 1 atom stereocenters. The van der Waals surface area contributed by atoms with Gasteiger partial charge in [-0.1, -0.05) is 41.9 Å². The molecule has 4 nitrogen and oxygen atoms in total. The predicted molar refractivity (Wildman–Crippen MR) is 94.3 cm³/mol. The lowest BCUT2D eigenvalue weighted by Crippen LogP contribution is -2.28. The molecule has 4 N–H and O–H groups in total. The molecule has 122 valence electrons. The van der Waals surface area contributed by atoms with Gasteiger partial charge < -0.3 is 20.8 Å². The molecular formula is C18H21ClN2O2. The first-order chi connectivity index (χ1) is 11.1. The van der Waals surface area contributed by atoms with E-state index in [1.807, 2.05) is 36.4 Å². The topological polar surface area (TPSA) is 64.5 Å². The van der Waals surface area contributed by atoms with Crippen LogP contribution >= 0.6 is 11.6 Å². The Kier molecular flexibility index (Phi) is 6.47. The molecule has 0 aliphatic carbocycles. The number of hydrogen-bond donors (Lipinski definition) is 4. The Labute approximate surface area is 141 Å². The van der Waals surface area contributed by atoms with Gasteiger partial charge in [-0.3, -0.25) is 0 Å². The summed E-state index contributed by atoms with van der Waals surface area (Å²) < 4.78 is 0. The van der Waals surface area contributed by atoms with Crippen LogP contribution in [0.4, 0.5) is 0 Å². The van der Waals surface area contributed by atoms with Gasteiger partial charge in [-0.2, -0.15) is 0 Å². The summed E-state index contributed by atoms with van der Waals surface area (Å²) in [6.45, 7) is 0.523. The molecule has 0 heterocycles. The van der Waals surface area contributed by atoms with Gasteiger partial charge in [-0.05, 0) is 36.9 Å². The van der Waals surface area contributed by atoms with E-state index < -0.39 is 0 Å². The molecule has 0 aliphatic rings. The highest BCUT2D eigenvalue weighted by Gasteiger charge is 2.08. The van der Waals surface area contributed by atoms with Crippen molar-refractivity contribution in [3.05, 3.63) is 70.8 Å². The number of nitrogens with one attached hydrogen (secondary N) is 2.